The number of nitrogens with zero attached hydrogens (tertiary/aromatic N) is 2. The average molecular weight is 444 g/mol. The molecule has 0 amide bonds. The molecule has 0 radical (unpaired) electrons. The molecule has 1 aromatic heterocycles. The number of carbonyl (C=O) groups excluding carboxylic acids is 1. The van der Waals surface area contributed by atoms with Gasteiger partial charge in [-0.25, -0.2) is 12.4 Å². The van der Waals surface area contributed by atoms with Crippen molar-refractivity contribution in [1.29, 1.82) is 0 Å². The van der Waals surface area contributed by atoms with E-state index in [0.29, 0.717) is 35.9 Å². The second kappa shape index (κ2) is 9.22. The molecule has 0 aliphatic heterocycles. The van der Waals surface area contributed by atoms with Crippen LogP contribution in [0.25, 0.3) is 10.9 Å². The molecule has 0 fully saturated rings. The standard InChI is InChI=1S/C22H25N3O5S/c1-3-30-20(26)6-4-5-16-9-12-19(22(23)24-27)18-13-14-25(21(16)18)31(28,29)17-10-7-15(2)8-11-17/h7-14,27H,3-6H2,1-2H3,(H2,23,24). The van der Waals surface area contributed by atoms with Crippen molar-refractivity contribution >= 4 is 32.7 Å². The van der Waals surface area contributed by atoms with Crippen molar-refractivity contribution in [2.45, 2.75) is 38.0 Å². The van der Waals surface area contributed by atoms with Gasteiger partial charge in [-0.3, -0.25) is 4.79 Å². The fourth-order valence-corrected chi connectivity index (χ4v) is 4.84. The van der Waals surface area contributed by atoms with Crippen LogP contribution in [-0.4, -0.2) is 36.0 Å². The molecule has 3 aromatic rings. The lowest BCUT2D eigenvalue weighted by Gasteiger charge is -2.13. The van der Waals surface area contributed by atoms with E-state index in [9.17, 15) is 13.2 Å². The maximum absolute atomic E-state index is 13.4. The maximum Gasteiger partial charge on any atom is 0.305 e. The van der Waals surface area contributed by atoms with Gasteiger partial charge in [-0.15, -0.1) is 0 Å². The summed E-state index contributed by atoms with van der Waals surface area (Å²) in [5.41, 5.74) is 8.35. The van der Waals surface area contributed by atoms with Crippen LogP contribution in [-0.2, 0) is 26.0 Å². The summed E-state index contributed by atoms with van der Waals surface area (Å²) in [5, 5.41) is 12.7. The molecule has 0 aliphatic rings. The quantitative estimate of drug-likeness (QED) is 0.181. The Morgan fingerprint density at radius 1 is 1.16 bits per heavy atom. The number of carbonyl (C=O) groups is 1. The Morgan fingerprint density at radius 3 is 2.52 bits per heavy atom. The van der Waals surface area contributed by atoms with Crippen LogP contribution < -0.4 is 5.73 Å². The van der Waals surface area contributed by atoms with Crippen LogP contribution in [0.1, 0.15) is 36.5 Å². The zero-order chi connectivity index (χ0) is 22.6. The Labute approximate surface area is 181 Å². The van der Waals surface area contributed by atoms with Gasteiger partial charge in [0.05, 0.1) is 17.0 Å². The van der Waals surface area contributed by atoms with E-state index in [4.69, 9.17) is 15.7 Å². The minimum Gasteiger partial charge on any atom is -0.466 e. The zero-order valence-corrected chi connectivity index (χ0v) is 18.2. The first kappa shape index (κ1) is 22.4. The first-order valence-corrected chi connectivity index (χ1v) is 11.3. The van der Waals surface area contributed by atoms with Crippen molar-refractivity contribution in [2.75, 3.05) is 6.61 Å². The van der Waals surface area contributed by atoms with Crippen LogP contribution in [0, 0.1) is 6.92 Å². The van der Waals surface area contributed by atoms with Crippen molar-refractivity contribution in [1.82, 2.24) is 3.97 Å². The van der Waals surface area contributed by atoms with Crippen molar-refractivity contribution in [3.8, 4) is 0 Å². The molecule has 0 saturated carbocycles. The summed E-state index contributed by atoms with van der Waals surface area (Å²) in [4.78, 5) is 11.8. The van der Waals surface area contributed by atoms with Crippen LogP contribution in [0.4, 0.5) is 0 Å². The third-order valence-corrected chi connectivity index (χ3v) is 6.68. The van der Waals surface area contributed by atoms with Crippen LogP contribution in [0.2, 0.25) is 0 Å². The van der Waals surface area contributed by atoms with Crippen molar-refractivity contribution < 1.29 is 23.2 Å². The first-order valence-electron chi connectivity index (χ1n) is 9.88. The summed E-state index contributed by atoms with van der Waals surface area (Å²) in [7, 11) is -3.88. The molecule has 9 heteroatoms. The maximum atomic E-state index is 13.4. The van der Waals surface area contributed by atoms with Gasteiger partial charge < -0.3 is 15.7 Å². The van der Waals surface area contributed by atoms with E-state index in [0.717, 1.165) is 11.1 Å². The molecule has 0 bridgehead atoms. The molecule has 2 aromatic carbocycles. The fraction of sp³-hybridized carbons (Fsp3) is 0.273. The van der Waals surface area contributed by atoms with E-state index in [2.05, 4.69) is 5.16 Å². The second-order valence-corrected chi connectivity index (χ2v) is 8.92. The third kappa shape index (κ3) is 4.56. The lowest BCUT2D eigenvalue weighted by atomic mass is 10.0. The number of esters is 1. The summed E-state index contributed by atoms with van der Waals surface area (Å²) in [5.74, 6) is -0.414. The number of aryl methyl sites for hydroxylation is 2. The van der Waals surface area contributed by atoms with Gasteiger partial charge in [-0.05, 0) is 50.5 Å². The Morgan fingerprint density at radius 2 is 1.87 bits per heavy atom. The number of fused-ring (bicyclic) bond motifs is 1. The van der Waals surface area contributed by atoms with Crippen LogP contribution in [0.15, 0.2) is 58.7 Å². The highest BCUT2D eigenvalue weighted by Gasteiger charge is 2.22. The molecule has 1 heterocycles. The average Bonchev–Trinajstić information content (AvgIpc) is 3.20. The molecule has 31 heavy (non-hydrogen) atoms. The monoisotopic (exact) mass is 443 g/mol. The number of oxime groups is 1. The van der Waals surface area contributed by atoms with Crippen molar-refractivity contribution in [3.05, 3.63) is 65.4 Å². The van der Waals surface area contributed by atoms with Gasteiger partial charge in [0.1, 0.15) is 0 Å². The molecule has 8 nitrogen and oxygen atoms in total. The highest BCUT2D eigenvalue weighted by Crippen LogP contribution is 2.29. The number of ether oxygens (including phenoxy) is 1. The van der Waals surface area contributed by atoms with Crippen LogP contribution in [0.3, 0.4) is 0 Å². The van der Waals surface area contributed by atoms with Gasteiger partial charge in [0, 0.05) is 23.6 Å². The Balaban J connectivity index is 2.11. The number of benzene rings is 2. The summed E-state index contributed by atoms with van der Waals surface area (Å²) in [6.45, 7) is 3.94. The number of hydrogen-bond donors (Lipinski definition) is 2. The number of aromatic nitrogens is 1. The zero-order valence-electron chi connectivity index (χ0n) is 17.4. The van der Waals surface area contributed by atoms with Crippen molar-refractivity contribution in [3.63, 3.8) is 0 Å². The Kier molecular flexibility index (Phi) is 6.65. The Hall–Kier alpha value is -3.33. The largest absolute Gasteiger partial charge is 0.466 e. The lowest BCUT2D eigenvalue weighted by Crippen LogP contribution is -2.16. The molecule has 0 saturated heterocycles. The molecule has 3 N–H and O–H groups in total. The summed E-state index contributed by atoms with van der Waals surface area (Å²) in [6, 6.07) is 11.6. The van der Waals surface area contributed by atoms with Gasteiger partial charge in [-0.1, -0.05) is 35.0 Å². The van der Waals surface area contributed by atoms with E-state index in [1.54, 1.807) is 49.4 Å². The molecule has 0 atom stereocenters. The summed E-state index contributed by atoms with van der Waals surface area (Å²) < 4.78 is 32.9. The minimum atomic E-state index is -3.88. The molecule has 164 valence electrons. The molecule has 0 unspecified atom stereocenters. The van der Waals surface area contributed by atoms with Crippen molar-refractivity contribution in [2.24, 2.45) is 10.9 Å². The van der Waals surface area contributed by atoms with E-state index in [1.807, 2.05) is 6.92 Å². The molecule has 0 aliphatic carbocycles. The predicted octanol–water partition coefficient (Wildman–Crippen LogP) is 3.17. The molecular weight excluding hydrogens is 418 g/mol. The van der Waals surface area contributed by atoms with Gasteiger partial charge in [0.2, 0.25) is 0 Å². The predicted molar refractivity (Wildman–Crippen MR) is 118 cm³/mol. The van der Waals surface area contributed by atoms with E-state index < -0.39 is 10.0 Å². The third-order valence-electron chi connectivity index (χ3n) is 4.99. The number of amidine groups is 1. The SMILES string of the molecule is CCOC(=O)CCCc1ccc(C(N)=NO)c2ccn(S(=O)(=O)c3ccc(C)cc3)c12. The number of nitrogens with two attached hydrogens (primary N) is 1. The molecular formula is C22H25N3O5S. The summed E-state index contributed by atoms with van der Waals surface area (Å²) >= 11 is 0. The van der Waals surface area contributed by atoms with Gasteiger partial charge in [0.15, 0.2) is 5.84 Å². The topological polar surface area (TPSA) is 124 Å². The van der Waals surface area contributed by atoms with Crippen LogP contribution in [0.5, 0.6) is 0 Å². The minimum absolute atomic E-state index is 0.117. The molecule has 0 spiro atoms. The van der Waals surface area contributed by atoms with E-state index in [1.165, 1.54) is 10.2 Å². The smallest absolute Gasteiger partial charge is 0.305 e. The highest BCUT2D eigenvalue weighted by molar-refractivity contribution is 7.90. The van der Waals surface area contributed by atoms with Gasteiger partial charge >= 0.3 is 5.97 Å². The molecule has 3 rings (SSSR count). The van der Waals surface area contributed by atoms with Gasteiger partial charge in [-0.2, -0.15) is 0 Å². The first-order chi connectivity index (χ1) is 14.8. The number of rotatable bonds is 8. The van der Waals surface area contributed by atoms with E-state index >= 15 is 0 Å². The fourth-order valence-electron chi connectivity index (χ4n) is 3.46. The summed E-state index contributed by atoms with van der Waals surface area (Å²) in [6.07, 6.45) is 2.64. The lowest BCUT2D eigenvalue weighted by molar-refractivity contribution is -0.143. The second-order valence-electron chi connectivity index (χ2n) is 7.11. The van der Waals surface area contributed by atoms with Crippen LogP contribution >= 0.6 is 0 Å². The normalized spacial score (nSPS) is 12.3. The van der Waals surface area contributed by atoms with Gasteiger partial charge in [0.25, 0.3) is 10.0 Å². The highest BCUT2D eigenvalue weighted by atomic mass is 32.2. The Bertz CT molecular complexity index is 1230. The van der Waals surface area contributed by atoms with E-state index in [-0.39, 0.29) is 23.1 Å². The number of hydrogen-bond acceptors (Lipinski definition) is 6.